The van der Waals surface area contributed by atoms with Crippen molar-refractivity contribution in [2.75, 3.05) is 24.1 Å². The number of carbonyl (C=O) groups is 1. The molecule has 1 aliphatic rings. The molecule has 1 aliphatic heterocycles. The maximum absolute atomic E-state index is 13.0. The zero-order valence-electron chi connectivity index (χ0n) is 18.0. The standard InChI is InChI=1S/C25H27N3O3S/c1-32(30,31)27-23-9-7-21(8-10-23)25(29)22-13-17-28(18-14-22)24(19-5-3-2-4-6-19)20-11-15-26-16-12-20/h2-12,15-16,22,24,27H,13-14,17-18H2,1H3. The minimum Gasteiger partial charge on any atom is -0.294 e. The van der Waals surface area contributed by atoms with Crippen molar-refractivity contribution in [1.82, 2.24) is 9.88 Å². The van der Waals surface area contributed by atoms with Crippen molar-refractivity contribution in [3.8, 4) is 0 Å². The molecule has 1 unspecified atom stereocenters. The summed E-state index contributed by atoms with van der Waals surface area (Å²) in [5.41, 5.74) is 3.51. The summed E-state index contributed by atoms with van der Waals surface area (Å²) in [5.74, 6) is 0.0876. The van der Waals surface area contributed by atoms with E-state index >= 15 is 0 Å². The second-order valence-electron chi connectivity index (χ2n) is 8.22. The fourth-order valence-corrected chi connectivity index (χ4v) is 4.93. The smallest absolute Gasteiger partial charge is 0.229 e. The number of pyridine rings is 1. The second kappa shape index (κ2) is 9.63. The van der Waals surface area contributed by atoms with Gasteiger partial charge in [0.25, 0.3) is 0 Å². The van der Waals surface area contributed by atoms with Crippen LogP contribution in [0.3, 0.4) is 0 Å². The van der Waals surface area contributed by atoms with Crippen LogP contribution in [-0.4, -0.2) is 43.4 Å². The fourth-order valence-electron chi connectivity index (χ4n) is 4.37. The number of piperidine rings is 1. The van der Waals surface area contributed by atoms with Crippen LogP contribution in [0.5, 0.6) is 0 Å². The number of likely N-dealkylation sites (tertiary alicyclic amines) is 1. The first kappa shape index (κ1) is 22.2. The number of nitrogens with one attached hydrogen (secondary N) is 1. The molecule has 1 saturated heterocycles. The summed E-state index contributed by atoms with van der Waals surface area (Å²) in [4.78, 5) is 19.6. The molecule has 2 heterocycles. The molecule has 1 aromatic heterocycles. The van der Waals surface area contributed by atoms with Gasteiger partial charge in [-0.1, -0.05) is 30.3 Å². The van der Waals surface area contributed by atoms with Gasteiger partial charge in [0, 0.05) is 29.6 Å². The largest absolute Gasteiger partial charge is 0.294 e. The van der Waals surface area contributed by atoms with Gasteiger partial charge in [-0.05, 0) is 73.5 Å². The lowest BCUT2D eigenvalue weighted by Crippen LogP contribution is -2.39. The first-order valence-electron chi connectivity index (χ1n) is 10.7. The molecule has 32 heavy (non-hydrogen) atoms. The van der Waals surface area contributed by atoms with Gasteiger partial charge in [-0.15, -0.1) is 0 Å². The van der Waals surface area contributed by atoms with E-state index < -0.39 is 10.0 Å². The first-order valence-corrected chi connectivity index (χ1v) is 12.6. The summed E-state index contributed by atoms with van der Waals surface area (Å²) in [6, 6.07) is 21.4. The van der Waals surface area contributed by atoms with Crippen LogP contribution >= 0.6 is 0 Å². The highest BCUT2D eigenvalue weighted by molar-refractivity contribution is 7.92. The number of anilines is 1. The summed E-state index contributed by atoms with van der Waals surface area (Å²) >= 11 is 0. The second-order valence-corrected chi connectivity index (χ2v) is 9.97. The molecule has 3 aromatic rings. The molecule has 6 nitrogen and oxygen atoms in total. The van der Waals surface area contributed by atoms with Crippen LogP contribution in [0.1, 0.15) is 40.4 Å². The topological polar surface area (TPSA) is 79.4 Å². The maximum Gasteiger partial charge on any atom is 0.229 e. The van der Waals surface area contributed by atoms with Crippen molar-refractivity contribution < 1.29 is 13.2 Å². The molecule has 2 aromatic carbocycles. The third kappa shape index (κ3) is 5.41. The van der Waals surface area contributed by atoms with Crippen LogP contribution in [0.25, 0.3) is 0 Å². The predicted octanol–water partition coefficient (Wildman–Crippen LogP) is 4.14. The Kier molecular flexibility index (Phi) is 6.67. The number of aromatic nitrogens is 1. The number of carbonyl (C=O) groups excluding carboxylic acids is 1. The lowest BCUT2D eigenvalue weighted by Gasteiger charge is -2.37. The molecule has 0 saturated carbocycles. The van der Waals surface area contributed by atoms with Crippen molar-refractivity contribution in [3.05, 3.63) is 95.8 Å². The van der Waals surface area contributed by atoms with Crippen LogP contribution in [0, 0.1) is 5.92 Å². The zero-order chi connectivity index (χ0) is 22.6. The van der Waals surface area contributed by atoms with Gasteiger partial charge in [-0.25, -0.2) is 8.42 Å². The number of hydrogen-bond acceptors (Lipinski definition) is 5. The van der Waals surface area contributed by atoms with Crippen molar-refractivity contribution in [1.29, 1.82) is 0 Å². The number of Topliss-reactive ketones (excluding diaryl/α,β-unsaturated/α-hetero) is 1. The molecule has 0 bridgehead atoms. The van der Waals surface area contributed by atoms with E-state index in [9.17, 15) is 13.2 Å². The van der Waals surface area contributed by atoms with E-state index in [0.29, 0.717) is 11.3 Å². The Morgan fingerprint density at radius 2 is 1.53 bits per heavy atom. The van der Waals surface area contributed by atoms with Crippen molar-refractivity contribution in [2.45, 2.75) is 18.9 Å². The van der Waals surface area contributed by atoms with E-state index in [1.54, 1.807) is 24.3 Å². The zero-order valence-corrected chi connectivity index (χ0v) is 18.8. The van der Waals surface area contributed by atoms with E-state index in [-0.39, 0.29) is 17.7 Å². The Morgan fingerprint density at radius 1 is 0.938 bits per heavy atom. The number of rotatable bonds is 7. The third-order valence-corrected chi connectivity index (χ3v) is 6.48. The van der Waals surface area contributed by atoms with Crippen LogP contribution in [-0.2, 0) is 10.0 Å². The molecule has 0 radical (unpaired) electrons. The molecule has 0 aliphatic carbocycles. The normalized spacial score (nSPS) is 16.4. The van der Waals surface area contributed by atoms with Gasteiger partial charge < -0.3 is 0 Å². The molecule has 166 valence electrons. The van der Waals surface area contributed by atoms with Gasteiger partial charge in [0.1, 0.15) is 0 Å². The molecule has 1 atom stereocenters. The SMILES string of the molecule is CS(=O)(=O)Nc1ccc(C(=O)C2CCN(C(c3ccccc3)c3ccncc3)CC2)cc1. The van der Waals surface area contributed by atoms with Crippen molar-refractivity contribution in [3.63, 3.8) is 0 Å². The average Bonchev–Trinajstić information content (AvgIpc) is 2.80. The Hall–Kier alpha value is -3.03. The molecule has 0 spiro atoms. The lowest BCUT2D eigenvalue weighted by molar-refractivity contribution is 0.0813. The van der Waals surface area contributed by atoms with Crippen molar-refractivity contribution in [2.24, 2.45) is 5.92 Å². The monoisotopic (exact) mass is 449 g/mol. The summed E-state index contributed by atoms with van der Waals surface area (Å²) in [6.45, 7) is 1.65. The number of sulfonamides is 1. The number of nitrogens with zero attached hydrogens (tertiary/aromatic N) is 2. The van der Waals surface area contributed by atoms with E-state index in [4.69, 9.17) is 0 Å². The Labute approximate surface area is 189 Å². The fraction of sp³-hybridized carbons (Fsp3) is 0.280. The van der Waals surface area contributed by atoms with Gasteiger partial charge in [0.2, 0.25) is 10.0 Å². The highest BCUT2D eigenvalue weighted by atomic mass is 32.2. The molecule has 1 fully saturated rings. The number of hydrogen-bond donors (Lipinski definition) is 1. The Morgan fingerprint density at radius 3 is 2.12 bits per heavy atom. The molecule has 0 amide bonds. The van der Waals surface area contributed by atoms with Gasteiger partial charge in [0.05, 0.1) is 12.3 Å². The van der Waals surface area contributed by atoms with Gasteiger partial charge >= 0.3 is 0 Å². The molecular formula is C25H27N3O3S. The maximum atomic E-state index is 13.0. The Balaban J connectivity index is 1.45. The summed E-state index contributed by atoms with van der Waals surface area (Å²) in [7, 11) is -3.34. The van der Waals surface area contributed by atoms with Gasteiger partial charge in [-0.3, -0.25) is 19.4 Å². The van der Waals surface area contributed by atoms with E-state index in [2.05, 4.69) is 51.0 Å². The van der Waals surface area contributed by atoms with Gasteiger partial charge in [-0.2, -0.15) is 0 Å². The quantitative estimate of drug-likeness (QED) is 0.549. The van der Waals surface area contributed by atoms with Crippen LogP contribution in [0.2, 0.25) is 0 Å². The number of benzene rings is 2. The molecule has 1 N–H and O–H groups in total. The van der Waals surface area contributed by atoms with E-state index in [1.165, 1.54) is 11.1 Å². The average molecular weight is 450 g/mol. The van der Waals surface area contributed by atoms with Crippen LogP contribution in [0.15, 0.2) is 79.1 Å². The Bertz CT molecular complexity index is 1100. The molecule has 7 heteroatoms. The highest BCUT2D eigenvalue weighted by Gasteiger charge is 2.30. The first-order chi connectivity index (χ1) is 15.4. The predicted molar refractivity (Wildman–Crippen MR) is 126 cm³/mol. The van der Waals surface area contributed by atoms with E-state index in [1.807, 2.05) is 18.5 Å². The minimum atomic E-state index is -3.34. The summed E-state index contributed by atoms with van der Waals surface area (Å²) in [5, 5.41) is 0. The summed E-state index contributed by atoms with van der Waals surface area (Å²) < 4.78 is 25.2. The summed E-state index contributed by atoms with van der Waals surface area (Å²) in [6.07, 6.45) is 6.33. The van der Waals surface area contributed by atoms with Crippen molar-refractivity contribution >= 4 is 21.5 Å². The lowest BCUT2D eigenvalue weighted by atomic mass is 9.87. The highest BCUT2D eigenvalue weighted by Crippen LogP contribution is 2.33. The number of ketones is 1. The van der Waals surface area contributed by atoms with Crippen LogP contribution in [0.4, 0.5) is 5.69 Å². The minimum absolute atomic E-state index is 0.0335. The molecule has 4 rings (SSSR count). The third-order valence-electron chi connectivity index (χ3n) is 5.88. The van der Waals surface area contributed by atoms with Gasteiger partial charge in [0.15, 0.2) is 5.78 Å². The molecular weight excluding hydrogens is 422 g/mol. The van der Waals surface area contributed by atoms with E-state index in [0.717, 1.165) is 32.2 Å². The van der Waals surface area contributed by atoms with Crippen LogP contribution < -0.4 is 4.72 Å².